The zero-order chi connectivity index (χ0) is 16.4. The van der Waals surface area contributed by atoms with E-state index >= 15 is 0 Å². The van der Waals surface area contributed by atoms with E-state index in [1.165, 1.54) is 0 Å². The van der Waals surface area contributed by atoms with E-state index in [4.69, 9.17) is 5.73 Å². The van der Waals surface area contributed by atoms with Crippen molar-refractivity contribution in [1.82, 2.24) is 10.6 Å². The van der Waals surface area contributed by atoms with Crippen LogP contribution in [0.1, 0.15) is 36.0 Å². The molecule has 0 bridgehead atoms. The van der Waals surface area contributed by atoms with E-state index in [1.54, 1.807) is 0 Å². The van der Waals surface area contributed by atoms with Crippen molar-refractivity contribution < 1.29 is 18.4 Å². The number of carbonyl (C=O) groups is 2. The number of hydrogen-bond donors (Lipinski definition) is 3. The normalized spacial score (nSPS) is 10.3. The molecule has 0 aliphatic carbocycles. The zero-order valence-corrected chi connectivity index (χ0v) is 12.3. The summed E-state index contributed by atoms with van der Waals surface area (Å²) in [5.41, 5.74) is 5.12. The molecule has 1 rings (SSSR count). The van der Waals surface area contributed by atoms with Crippen LogP contribution in [0.3, 0.4) is 0 Å². The molecule has 2 amide bonds. The molecule has 0 fully saturated rings. The lowest BCUT2D eigenvalue weighted by molar-refractivity contribution is -0.121. The van der Waals surface area contributed by atoms with Crippen LogP contribution in [0.15, 0.2) is 18.2 Å². The summed E-state index contributed by atoms with van der Waals surface area (Å²) in [6.45, 7) is 1.43. The third-order valence-electron chi connectivity index (χ3n) is 2.99. The minimum Gasteiger partial charge on any atom is -0.356 e. The van der Waals surface area contributed by atoms with Crippen molar-refractivity contribution in [3.05, 3.63) is 35.4 Å². The highest BCUT2D eigenvalue weighted by Gasteiger charge is 2.11. The fourth-order valence-electron chi connectivity index (χ4n) is 1.81. The molecule has 0 unspecified atom stereocenters. The highest BCUT2D eigenvalue weighted by molar-refractivity contribution is 5.94. The van der Waals surface area contributed by atoms with E-state index in [-0.39, 0.29) is 24.4 Å². The Morgan fingerprint density at radius 1 is 1.05 bits per heavy atom. The first-order chi connectivity index (χ1) is 10.5. The number of carbonyl (C=O) groups excluding carboxylic acids is 2. The first-order valence-electron chi connectivity index (χ1n) is 7.24. The van der Waals surface area contributed by atoms with Gasteiger partial charge < -0.3 is 16.4 Å². The van der Waals surface area contributed by atoms with Gasteiger partial charge in [-0.2, -0.15) is 0 Å². The van der Waals surface area contributed by atoms with Gasteiger partial charge in [-0.15, -0.1) is 0 Å². The maximum atomic E-state index is 13.4. The van der Waals surface area contributed by atoms with E-state index in [0.29, 0.717) is 25.6 Å². The average Bonchev–Trinajstić information content (AvgIpc) is 2.48. The van der Waals surface area contributed by atoms with Crippen LogP contribution in [-0.2, 0) is 4.79 Å². The molecule has 122 valence electrons. The SMILES string of the molecule is NCCCCNC(=O)CCCNC(=O)c1ccc(F)cc1F. The first-order valence-corrected chi connectivity index (χ1v) is 7.24. The van der Waals surface area contributed by atoms with Gasteiger partial charge in [0.15, 0.2) is 0 Å². The van der Waals surface area contributed by atoms with Crippen LogP contribution in [0, 0.1) is 11.6 Å². The third kappa shape index (κ3) is 6.62. The summed E-state index contributed by atoms with van der Waals surface area (Å²) in [4.78, 5) is 23.1. The second-order valence-corrected chi connectivity index (χ2v) is 4.83. The molecule has 5 nitrogen and oxygen atoms in total. The van der Waals surface area contributed by atoms with E-state index in [2.05, 4.69) is 10.6 Å². The van der Waals surface area contributed by atoms with Gasteiger partial charge in [0.1, 0.15) is 11.6 Å². The van der Waals surface area contributed by atoms with Gasteiger partial charge in [-0.05, 0) is 37.9 Å². The molecular weight excluding hydrogens is 292 g/mol. The summed E-state index contributed by atoms with van der Waals surface area (Å²) in [6.07, 6.45) is 2.41. The molecule has 0 heterocycles. The van der Waals surface area contributed by atoms with Gasteiger partial charge in [0.05, 0.1) is 5.56 Å². The third-order valence-corrected chi connectivity index (χ3v) is 2.99. The number of amides is 2. The Morgan fingerprint density at radius 2 is 1.77 bits per heavy atom. The topological polar surface area (TPSA) is 84.2 Å². The highest BCUT2D eigenvalue weighted by Crippen LogP contribution is 2.09. The molecule has 0 aliphatic heterocycles. The number of rotatable bonds is 9. The van der Waals surface area contributed by atoms with Crippen LogP contribution in [0.5, 0.6) is 0 Å². The maximum absolute atomic E-state index is 13.4. The van der Waals surface area contributed by atoms with Crippen molar-refractivity contribution in [3.63, 3.8) is 0 Å². The van der Waals surface area contributed by atoms with E-state index in [1.807, 2.05) is 0 Å². The smallest absolute Gasteiger partial charge is 0.254 e. The van der Waals surface area contributed by atoms with Gasteiger partial charge in [-0.1, -0.05) is 0 Å². The van der Waals surface area contributed by atoms with E-state index in [9.17, 15) is 18.4 Å². The van der Waals surface area contributed by atoms with Crippen LogP contribution in [-0.4, -0.2) is 31.4 Å². The Kier molecular flexibility index (Phi) is 8.06. The summed E-state index contributed by atoms with van der Waals surface area (Å²) < 4.78 is 26.1. The Morgan fingerprint density at radius 3 is 2.45 bits per heavy atom. The van der Waals surface area contributed by atoms with Crippen molar-refractivity contribution in [2.24, 2.45) is 5.73 Å². The van der Waals surface area contributed by atoms with Crippen molar-refractivity contribution in [3.8, 4) is 0 Å². The Bertz CT molecular complexity index is 510. The van der Waals surface area contributed by atoms with Crippen LogP contribution in [0.4, 0.5) is 8.78 Å². The lowest BCUT2D eigenvalue weighted by atomic mass is 10.2. The monoisotopic (exact) mass is 313 g/mol. The molecule has 0 saturated heterocycles. The molecule has 1 aromatic rings. The molecule has 22 heavy (non-hydrogen) atoms. The van der Waals surface area contributed by atoms with Gasteiger partial charge in [0.25, 0.3) is 5.91 Å². The molecule has 0 aliphatic rings. The molecule has 1 aromatic carbocycles. The molecule has 7 heteroatoms. The van der Waals surface area contributed by atoms with Crippen LogP contribution < -0.4 is 16.4 Å². The Hall–Kier alpha value is -2.02. The van der Waals surface area contributed by atoms with Gasteiger partial charge in [-0.3, -0.25) is 9.59 Å². The number of nitrogens with two attached hydrogens (primary N) is 1. The molecule has 0 aromatic heterocycles. The Labute approximate surface area is 128 Å². The van der Waals surface area contributed by atoms with Gasteiger partial charge in [0.2, 0.25) is 5.91 Å². The second kappa shape index (κ2) is 9.83. The number of halogens is 2. The number of nitrogens with one attached hydrogen (secondary N) is 2. The van der Waals surface area contributed by atoms with Crippen LogP contribution in [0.25, 0.3) is 0 Å². The largest absolute Gasteiger partial charge is 0.356 e. The molecule has 0 atom stereocenters. The second-order valence-electron chi connectivity index (χ2n) is 4.83. The minimum absolute atomic E-state index is 0.0979. The standard InChI is InChI=1S/C15H21F2N3O2/c16-11-5-6-12(13(17)10-11)15(22)20-9-3-4-14(21)19-8-2-1-7-18/h5-6,10H,1-4,7-9,18H2,(H,19,21)(H,20,22). The maximum Gasteiger partial charge on any atom is 0.254 e. The van der Waals surface area contributed by atoms with Gasteiger partial charge in [-0.25, -0.2) is 8.78 Å². The van der Waals surface area contributed by atoms with Crippen LogP contribution >= 0.6 is 0 Å². The zero-order valence-electron chi connectivity index (χ0n) is 12.3. The van der Waals surface area contributed by atoms with Gasteiger partial charge in [0, 0.05) is 25.6 Å². The summed E-state index contributed by atoms with van der Waals surface area (Å²) in [5, 5.41) is 5.24. The fraction of sp³-hybridized carbons (Fsp3) is 0.467. The number of unbranched alkanes of at least 4 members (excludes halogenated alkanes) is 1. The number of benzene rings is 1. The first kappa shape index (κ1) is 18.0. The molecule has 0 radical (unpaired) electrons. The van der Waals surface area contributed by atoms with Crippen LogP contribution in [0.2, 0.25) is 0 Å². The van der Waals surface area contributed by atoms with Crippen molar-refractivity contribution in [2.75, 3.05) is 19.6 Å². The average molecular weight is 313 g/mol. The highest BCUT2D eigenvalue weighted by atomic mass is 19.1. The van der Waals surface area contributed by atoms with Crippen molar-refractivity contribution in [1.29, 1.82) is 0 Å². The molecule has 0 spiro atoms. The molecule has 0 saturated carbocycles. The molecular formula is C15H21F2N3O2. The van der Waals surface area contributed by atoms with Gasteiger partial charge >= 0.3 is 0 Å². The summed E-state index contributed by atoms with van der Waals surface area (Å²) in [7, 11) is 0. The summed E-state index contributed by atoms with van der Waals surface area (Å²) in [6, 6.07) is 2.76. The number of hydrogen-bond acceptors (Lipinski definition) is 3. The predicted molar refractivity (Wildman–Crippen MR) is 79.2 cm³/mol. The van der Waals surface area contributed by atoms with Crippen molar-refractivity contribution in [2.45, 2.75) is 25.7 Å². The Balaban J connectivity index is 2.21. The van der Waals surface area contributed by atoms with Crippen molar-refractivity contribution >= 4 is 11.8 Å². The lowest BCUT2D eigenvalue weighted by Crippen LogP contribution is -2.28. The summed E-state index contributed by atoms with van der Waals surface area (Å²) >= 11 is 0. The predicted octanol–water partition coefficient (Wildman–Crippen LogP) is 1.33. The summed E-state index contributed by atoms with van der Waals surface area (Å²) in [5.74, 6) is -2.37. The lowest BCUT2D eigenvalue weighted by Gasteiger charge is -2.07. The van der Waals surface area contributed by atoms with E-state index in [0.717, 1.165) is 25.0 Å². The molecule has 4 N–H and O–H groups in total. The quantitative estimate of drug-likeness (QED) is 0.601. The van der Waals surface area contributed by atoms with E-state index < -0.39 is 17.5 Å². The fourth-order valence-corrected chi connectivity index (χ4v) is 1.81. The minimum atomic E-state index is -0.907.